The van der Waals surface area contributed by atoms with Gasteiger partial charge < -0.3 is 15.6 Å². The van der Waals surface area contributed by atoms with Crippen molar-refractivity contribution in [1.29, 1.82) is 0 Å². The van der Waals surface area contributed by atoms with Crippen molar-refractivity contribution >= 4 is 17.5 Å². The summed E-state index contributed by atoms with van der Waals surface area (Å²) in [6.45, 7) is 4.75. The lowest BCUT2D eigenvalue weighted by atomic mass is 10.1. The molecule has 0 atom stereocenters. The summed E-state index contributed by atoms with van der Waals surface area (Å²) in [6, 6.07) is 11.6. The minimum absolute atomic E-state index is 0.104. The number of anilines is 2. The molecule has 0 saturated heterocycles. The zero-order chi connectivity index (χ0) is 18.4. The summed E-state index contributed by atoms with van der Waals surface area (Å²) in [5.74, 6) is 0.425. The first kappa shape index (κ1) is 17.7. The van der Waals surface area contributed by atoms with E-state index in [9.17, 15) is 4.79 Å². The smallest absolute Gasteiger partial charge is 0.267 e. The number of nitrogens with zero attached hydrogens (tertiary/aromatic N) is 2. The fourth-order valence-corrected chi connectivity index (χ4v) is 2.62. The van der Waals surface area contributed by atoms with E-state index in [0.29, 0.717) is 18.2 Å². The van der Waals surface area contributed by atoms with E-state index in [1.807, 2.05) is 55.7 Å². The highest BCUT2D eigenvalue weighted by atomic mass is 16.1. The van der Waals surface area contributed by atoms with Gasteiger partial charge in [0.05, 0.1) is 5.69 Å². The predicted molar refractivity (Wildman–Crippen MR) is 104 cm³/mol. The van der Waals surface area contributed by atoms with Crippen LogP contribution >= 0.6 is 0 Å². The second kappa shape index (κ2) is 8.29. The van der Waals surface area contributed by atoms with Gasteiger partial charge in [-0.25, -0.2) is 9.97 Å². The molecule has 0 aliphatic rings. The summed E-state index contributed by atoms with van der Waals surface area (Å²) >= 11 is 0. The Balaban J connectivity index is 1.87. The van der Waals surface area contributed by atoms with Gasteiger partial charge in [-0.05, 0) is 36.6 Å². The van der Waals surface area contributed by atoms with E-state index < -0.39 is 0 Å². The zero-order valence-electron chi connectivity index (χ0n) is 15.0. The maximum atomic E-state index is 12.1. The van der Waals surface area contributed by atoms with E-state index >= 15 is 0 Å². The molecule has 2 aromatic heterocycles. The topological polar surface area (TPSA) is 82.7 Å². The zero-order valence-corrected chi connectivity index (χ0v) is 15.0. The Kier molecular flexibility index (Phi) is 5.63. The molecule has 3 rings (SSSR count). The van der Waals surface area contributed by atoms with Crippen molar-refractivity contribution in [2.75, 3.05) is 11.9 Å². The largest absolute Gasteiger partial charge is 0.357 e. The second-order valence-electron chi connectivity index (χ2n) is 5.97. The van der Waals surface area contributed by atoms with Crippen molar-refractivity contribution in [2.45, 2.75) is 26.7 Å². The number of aromatic amines is 1. The normalized spacial score (nSPS) is 10.5. The van der Waals surface area contributed by atoms with Crippen LogP contribution in [0.5, 0.6) is 0 Å². The first-order chi connectivity index (χ1) is 12.7. The SMILES string of the molecule is CCCNC(=O)c1cc(-c2nc(Nc3ccccc3)ncc2CC)c[nH]1. The van der Waals surface area contributed by atoms with Gasteiger partial charge in [-0.15, -0.1) is 0 Å². The lowest BCUT2D eigenvalue weighted by molar-refractivity contribution is 0.0949. The molecule has 134 valence electrons. The number of carbonyl (C=O) groups excluding carboxylic acids is 1. The van der Waals surface area contributed by atoms with Gasteiger partial charge in [0.2, 0.25) is 5.95 Å². The average Bonchev–Trinajstić information content (AvgIpc) is 3.17. The van der Waals surface area contributed by atoms with Crippen LogP contribution in [-0.2, 0) is 6.42 Å². The van der Waals surface area contributed by atoms with Gasteiger partial charge in [-0.2, -0.15) is 0 Å². The van der Waals surface area contributed by atoms with Gasteiger partial charge in [0.25, 0.3) is 5.91 Å². The molecular formula is C20H23N5O. The molecule has 2 heterocycles. The third-order valence-electron chi connectivity index (χ3n) is 4.01. The van der Waals surface area contributed by atoms with Crippen molar-refractivity contribution in [1.82, 2.24) is 20.3 Å². The number of rotatable bonds is 7. The molecule has 0 fully saturated rings. The average molecular weight is 349 g/mol. The molecule has 26 heavy (non-hydrogen) atoms. The Hall–Kier alpha value is -3.15. The number of hydrogen-bond donors (Lipinski definition) is 3. The molecule has 3 N–H and O–H groups in total. The first-order valence-electron chi connectivity index (χ1n) is 8.86. The highest BCUT2D eigenvalue weighted by Crippen LogP contribution is 2.24. The molecular weight excluding hydrogens is 326 g/mol. The van der Waals surface area contributed by atoms with E-state index in [1.54, 1.807) is 0 Å². The van der Waals surface area contributed by atoms with Crippen molar-refractivity contribution in [2.24, 2.45) is 0 Å². The van der Waals surface area contributed by atoms with E-state index in [4.69, 9.17) is 0 Å². The summed E-state index contributed by atoms with van der Waals surface area (Å²) in [6.07, 6.45) is 5.36. The van der Waals surface area contributed by atoms with Gasteiger partial charge in [-0.1, -0.05) is 32.0 Å². The monoisotopic (exact) mass is 349 g/mol. The summed E-state index contributed by atoms with van der Waals surface area (Å²) in [7, 11) is 0. The van der Waals surface area contributed by atoms with Crippen molar-refractivity contribution in [3.05, 3.63) is 60.0 Å². The molecule has 0 bridgehead atoms. The summed E-state index contributed by atoms with van der Waals surface area (Å²) < 4.78 is 0. The Morgan fingerprint density at radius 3 is 2.73 bits per heavy atom. The van der Waals surface area contributed by atoms with Crippen LogP contribution in [-0.4, -0.2) is 27.4 Å². The van der Waals surface area contributed by atoms with Crippen molar-refractivity contribution < 1.29 is 4.79 Å². The van der Waals surface area contributed by atoms with Gasteiger partial charge in [0, 0.05) is 30.2 Å². The van der Waals surface area contributed by atoms with Gasteiger partial charge in [0.15, 0.2) is 0 Å². The third-order valence-corrected chi connectivity index (χ3v) is 4.01. The van der Waals surface area contributed by atoms with E-state index in [2.05, 4.69) is 32.5 Å². The highest BCUT2D eigenvalue weighted by molar-refractivity contribution is 5.93. The van der Waals surface area contributed by atoms with Crippen LogP contribution in [0.1, 0.15) is 36.3 Å². The number of H-pyrrole nitrogens is 1. The molecule has 3 aromatic rings. The third kappa shape index (κ3) is 4.08. The second-order valence-corrected chi connectivity index (χ2v) is 5.97. The Morgan fingerprint density at radius 1 is 1.19 bits per heavy atom. The lowest BCUT2D eigenvalue weighted by Gasteiger charge is -2.09. The van der Waals surface area contributed by atoms with Crippen LogP contribution in [0.3, 0.4) is 0 Å². The molecule has 0 aliphatic heterocycles. The van der Waals surface area contributed by atoms with Gasteiger partial charge in [-0.3, -0.25) is 4.79 Å². The van der Waals surface area contributed by atoms with E-state index in [0.717, 1.165) is 35.3 Å². The number of nitrogens with one attached hydrogen (secondary N) is 3. The predicted octanol–water partition coefficient (Wildman–Crippen LogP) is 3.92. The number of aryl methyl sites for hydroxylation is 1. The molecule has 0 unspecified atom stereocenters. The molecule has 1 aromatic carbocycles. The maximum absolute atomic E-state index is 12.1. The fraction of sp³-hybridized carbons (Fsp3) is 0.250. The lowest BCUT2D eigenvalue weighted by Crippen LogP contribution is -2.24. The maximum Gasteiger partial charge on any atom is 0.267 e. The number of amides is 1. The van der Waals surface area contributed by atoms with Crippen LogP contribution in [0.25, 0.3) is 11.3 Å². The van der Waals surface area contributed by atoms with Gasteiger partial charge in [0.1, 0.15) is 5.69 Å². The minimum Gasteiger partial charge on any atom is -0.357 e. The van der Waals surface area contributed by atoms with Crippen molar-refractivity contribution in [3.8, 4) is 11.3 Å². The molecule has 6 nitrogen and oxygen atoms in total. The molecule has 0 spiro atoms. The molecule has 0 saturated carbocycles. The molecule has 0 radical (unpaired) electrons. The van der Waals surface area contributed by atoms with Crippen LogP contribution < -0.4 is 10.6 Å². The Morgan fingerprint density at radius 2 is 2.00 bits per heavy atom. The Bertz CT molecular complexity index is 873. The van der Waals surface area contributed by atoms with Crippen LogP contribution in [0, 0.1) is 0 Å². The first-order valence-corrected chi connectivity index (χ1v) is 8.86. The number of hydrogen-bond acceptors (Lipinski definition) is 4. The number of para-hydroxylation sites is 1. The van der Waals surface area contributed by atoms with Crippen LogP contribution in [0.15, 0.2) is 48.8 Å². The quantitative estimate of drug-likeness (QED) is 0.604. The summed E-state index contributed by atoms with van der Waals surface area (Å²) in [5.41, 5.74) is 4.19. The summed E-state index contributed by atoms with van der Waals surface area (Å²) in [4.78, 5) is 24.2. The van der Waals surface area contributed by atoms with Crippen molar-refractivity contribution in [3.63, 3.8) is 0 Å². The highest BCUT2D eigenvalue weighted by Gasteiger charge is 2.13. The standard InChI is InChI=1S/C20H23N5O/c1-3-10-21-19(26)17-11-15(13-22-17)18-14(4-2)12-23-20(25-18)24-16-8-6-5-7-9-16/h5-9,11-13,22H,3-4,10H2,1-2H3,(H,21,26)(H,23,24,25). The minimum atomic E-state index is -0.104. The van der Waals surface area contributed by atoms with Crippen LogP contribution in [0.2, 0.25) is 0 Å². The molecule has 0 aliphatic carbocycles. The summed E-state index contributed by atoms with van der Waals surface area (Å²) in [5, 5.41) is 6.08. The Labute approximate surface area is 153 Å². The van der Waals surface area contributed by atoms with E-state index in [-0.39, 0.29) is 5.91 Å². The number of benzene rings is 1. The fourth-order valence-electron chi connectivity index (χ4n) is 2.62. The van der Waals surface area contributed by atoms with Gasteiger partial charge >= 0.3 is 0 Å². The van der Waals surface area contributed by atoms with E-state index in [1.165, 1.54) is 0 Å². The number of carbonyl (C=O) groups is 1. The molecule has 1 amide bonds. The molecule has 6 heteroatoms. The number of aromatic nitrogens is 3. The van der Waals surface area contributed by atoms with Crippen LogP contribution in [0.4, 0.5) is 11.6 Å².